The number of hydrogen-bond acceptors (Lipinski definition) is 2. The Labute approximate surface area is 172 Å². The molecule has 3 heteroatoms. The molecular weight excluding hydrogens is 432 g/mol. The van der Waals surface area contributed by atoms with E-state index < -0.39 is 0 Å². The molecule has 0 unspecified atom stereocenters. The third kappa shape index (κ3) is 2.39. The lowest BCUT2D eigenvalue weighted by atomic mass is 10.0. The summed E-state index contributed by atoms with van der Waals surface area (Å²) in [6.07, 6.45) is 0. The van der Waals surface area contributed by atoms with Crippen molar-refractivity contribution in [1.82, 2.24) is 0 Å². The minimum Gasteiger partial charge on any atom is -0.143 e. The Balaban J connectivity index is 1.66. The van der Waals surface area contributed by atoms with Gasteiger partial charge in [-0.1, -0.05) is 48.5 Å². The third-order valence-corrected chi connectivity index (χ3v) is 8.40. The maximum atomic E-state index is 3.91. The molecule has 0 N–H and O–H groups in total. The van der Waals surface area contributed by atoms with Gasteiger partial charge in [0.15, 0.2) is 0 Å². The largest absolute Gasteiger partial charge is 0.143 e. The van der Waals surface area contributed by atoms with Crippen LogP contribution in [0.2, 0.25) is 0 Å². The molecule has 2 aromatic heterocycles. The number of hydrogen-bond donors (Lipinski definition) is 0. The Bertz CT molecular complexity index is 1490. The first-order chi connectivity index (χ1) is 13.3. The molecule has 0 saturated carbocycles. The monoisotopic (exact) mass is 444 g/mol. The third-order valence-electron chi connectivity index (χ3n) is 5.18. The van der Waals surface area contributed by atoms with Crippen molar-refractivity contribution < 1.29 is 0 Å². The summed E-state index contributed by atoms with van der Waals surface area (Å²) in [7, 11) is 0. The van der Waals surface area contributed by atoms with Crippen LogP contribution >= 0.6 is 38.6 Å². The lowest BCUT2D eigenvalue weighted by Crippen LogP contribution is -1.75. The van der Waals surface area contributed by atoms with Gasteiger partial charge in [-0.3, -0.25) is 0 Å². The standard InChI is InChI=1S/C24H13BrS2/c25-23-19-10-15-6-2-4-8-17(15)12-22(19)27-24(23)20-13-26-21-11-16-7-3-1-5-14(16)9-18(20)21/h1-13H. The van der Waals surface area contributed by atoms with Crippen LogP contribution in [0, 0.1) is 0 Å². The molecule has 0 bridgehead atoms. The van der Waals surface area contributed by atoms with Crippen LogP contribution in [-0.2, 0) is 0 Å². The average molecular weight is 445 g/mol. The number of thiophene rings is 2. The molecule has 4 aromatic carbocycles. The fraction of sp³-hybridized carbons (Fsp3) is 0. The highest BCUT2D eigenvalue weighted by Gasteiger charge is 2.16. The molecule has 0 nitrogen and oxygen atoms in total. The van der Waals surface area contributed by atoms with Crippen molar-refractivity contribution in [2.24, 2.45) is 0 Å². The van der Waals surface area contributed by atoms with Gasteiger partial charge in [-0.2, -0.15) is 0 Å². The first kappa shape index (κ1) is 15.8. The smallest absolute Gasteiger partial charge is 0.0512 e. The predicted molar refractivity (Wildman–Crippen MR) is 125 cm³/mol. The van der Waals surface area contributed by atoms with E-state index in [-0.39, 0.29) is 0 Å². The van der Waals surface area contributed by atoms with E-state index in [0.29, 0.717) is 0 Å². The van der Waals surface area contributed by atoms with Crippen LogP contribution in [0.3, 0.4) is 0 Å². The first-order valence-corrected chi connectivity index (χ1v) is 11.3. The van der Waals surface area contributed by atoms with Gasteiger partial charge in [0.1, 0.15) is 0 Å². The molecule has 0 saturated heterocycles. The second kappa shape index (κ2) is 5.90. The molecule has 2 heterocycles. The number of benzene rings is 4. The zero-order chi connectivity index (χ0) is 18.0. The molecule has 27 heavy (non-hydrogen) atoms. The first-order valence-electron chi connectivity index (χ1n) is 8.79. The van der Waals surface area contributed by atoms with Crippen LogP contribution in [0.4, 0.5) is 0 Å². The molecule has 0 atom stereocenters. The van der Waals surface area contributed by atoms with E-state index in [9.17, 15) is 0 Å². The summed E-state index contributed by atoms with van der Waals surface area (Å²) in [5.74, 6) is 0. The summed E-state index contributed by atoms with van der Waals surface area (Å²) in [5.41, 5.74) is 1.33. The van der Waals surface area contributed by atoms with Crippen LogP contribution in [0.25, 0.3) is 52.2 Å². The van der Waals surface area contributed by atoms with E-state index >= 15 is 0 Å². The van der Waals surface area contributed by atoms with Gasteiger partial charge >= 0.3 is 0 Å². The van der Waals surface area contributed by atoms with Gasteiger partial charge in [-0.05, 0) is 61.7 Å². The van der Waals surface area contributed by atoms with E-state index in [2.05, 4.69) is 94.1 Å². The van der Waals surface area contributed by atoms with E-state index in [4.69, 9.17) is 0 Å². The molecule has 0 fully saturated rings. The molecule has 128 valence electrons. The molecule has 0 aliphatic heterocycles. The molecule has 0 radical (unpaired) electrons. The summed E-state index contributed by atoms with van der Waals surface area (Å²) in [4.78, 5) is 1.32. The highest BCUT2D eigenvalue weighted by molar-refractivity contribution is 9.10. The van der Waals surface area contributed by atoms with Crippen LogP contribution in [-0.4, -0.2) is 0 Å². The molecule has 0 spiro atoms. The number of rotatable bonds is 1. The van der Waals surface area contributed by atoms with Crippen molar-refractivity contribution in [1.29, 1.82) is 0 Å². The van der Waals surface area contributed by atoms with Crippen molar-refractivity contribution in [2.75, 3.05) is 0 Å². The van der Waals surface area contributed by atoms with Gasteiger partial charge < -0.3 is 0 Å². The Morgan fingerprint density at radius 1 is 0.630 bits per heavy atom. The van der Waals surface area contributed by atoms with E-state index in [1.165, 1.54) is 56.6 Å². The maximum absolute atomic E-state index is 3.91. The minimum absolute atomic E-state index is 1.21. The summed E-state index contributed by atoms with van der Waals surface area (Å²) >= 11 is 7.62. The van der Waals surface area contributed by atoms with E-state index in [0.717, 1.165) is 0 Å². The molecule has 0 amide bonds. The summed E-state index contributed by atoms with van der Waals surface area (Å²) < 4.78 is 3.88. The lowest BCUT2D eigenvalue weighted by molar-refractivity contribution is 1.80. The van der Waals surface area contributed by atoms with Crippen molar-refractivity contribution >= 4 is 80.3 Å². The van der Waals surface area contributed by atoms with Crippen molar-refractivity contribution in [3.05, 3.63) is 82.6 Å². The number of fused-ring (bicyclic) bond motifs is 4. The zero-order valence-corrected chi connectivity index (χ0v) is 17.4. The van der Waals surface area contributed by atoms with E-state index in [1.807, 2.05) is 22.7 Å². The van der Waals surface area contributed by atoms with Crippen molar-refractivity contribution in [2.45, 2.75) is 0 Å². The minimum atomic E-state index is 1.21. The fourth-order valence-electron chi connectivity index (χ4n) is 3.81. The fourth-order valence-corrected chi connectivity index (χ4v) is 6.94. The summed E-state index contributed by atoms with van der Waals surface area (Å²) in [5, 5.41) is 10.1. The molecule has 6 aromatic rings. The SMILES string of the molecule is Brc1c(-c2csc3cc4ccccc4cc23)sc2cc3ccccc3cc12. The van der Waals surface area contributed by atoms with Gasteiger partial charge in [0.2, 0.25) is 0 Å². The highest BCUT2D eigenvalue weighted by atomic mass is 79.9. The Kier molecular flexibility index (Phi) is 3.46. The number of halogens is 1. The van der Waals surface area contributed by atoms with Crippen LogP contribution in [0.1, 0.15) is 0 Å². The van der Waals surface area contributed by atoms with Crippen molar-refractivity contribution in [3.8, 4) is 10.4 Å². The zero-order valence-electron chi connectivity index (χ0n) is 14.2. The van der Waals surface area contributed by atoms with E-state index in [1.54, 1.807) is 0 Å². The Morgan fingerprint density at radius 2 is 1.19 bits per heavy atom. The maximum Gasteiger partial charge on any atom is 0.0512 e. The second-order valence-electron chi connectivity index (χ2n) is 6.79. The van der Waals surface area contributed by atoms with Gasteiger partial charge in [-0.15, -0.1) is 22.7 Å². The average Bonchev–Trinajstić information content (AvgIpc) is 3.25. The summed E-state index contributed by atoms with van der Waals surface area (Å²) in [6, 6.07) is 26.5. The molecule has 6 rings (SSSR count). The predicted octanol–water partition coefficient (Wildman–Crippen LogP) is 8.85. The Morgan fingerprint density at radius 3 is 1.85 bits per heavy atom. The molecule has 0 aliphatic rings. The summed E-state index contributed by atoms with van der Waals surface area (Å²) in [6.45, 7) is 0. The quantitative estimate of drug-likeness (QED) is 0.237. The molecular formula is C24H13BrS2. The normalized spacial score (nSPS) is 11.9. The molecule has 0 aliphatic carbocycles. The van der Waals surface area contributed by atoms with Crippen LogP contribution in [0.15, 0.2) is 82.6 Å². The van der Waals surface area contributed by atoms with Crippen LogP contribution < -0.4 is 0 Å². The second-order valence-corrected chi connectivity index (χ2v) is 9.54. The highest BCUT2D eigenvalue weighted by Crippen LogP contribution is 2.47. The van der Waals surface area contributed by atoms with Gasteiger partial charge in [0.05, 0.1) is 4.88 Å². The van der Waals surface area contributed by atoms with Gasteiger partial charge in [0, 0.05) is 35.6 Å². The van der Waals surface area contributed by atoms with Crippen molar-refractivity contribution in [3.63, 3.8) is 0 Å². The Hall–Kier alpha value is -2.20. The van der Waals surface area contributed by atoms with Gasteiger partial charge in [0.25, 0.3) is 0 Å². The van der Waals surface area contributed by atoms with Gasteiger partial charge in [-0.25, -0.2) is 0 Å². The lowest BCUT2D eigenvalue weighted by Gasteiger charge is -2.01. The topological polar surface area (TPSA) is 0 Å². The van der Waals surface area contributed by atoms with Crippen LogP contribution in [0.5, 0.6) is 0 Å².